The Kier molecular flexibility index (Phi) is 4.58. The Labute approximate surface area is 116 Å². The molecule has 3 nitrogen and oxygen atoms in total. The number of benzene rings is 1. The molecule has 1 aliphatic heterocycles. The molecule has 0 aliphatic carbocycles. The van der Waals surface area contributed by atoms with Gasteiger partial charge in [-0.15, -0.1) is 12.4 Å². The summed E-state index contributed by atoms with van der Waals surface area (Å²) >= 11 is 3.43. The van der Waals surface area contributed by atoms with E-state index in [1.165, 1.54) is 0 Å². The lowest BCUT2D eigenvalue weighted by Gasteiger charge is -2.37. The van der Waals surface area contributed by atoms with Crippen molar-refractivity contribution in [2.75, 3.05) is 4.90 Å². The van der Waals surface area contributed by atoms with E-state index in [0.29, 0.717) is 0 Å². The van der Waals surface area contributed by atoms with Gasteiger partial charge >= 0.3 is 0 Å². The summed E-state index contributed by atoms with van der Waals surface area (Å²) in [4.78, 5) is 13.5. The first-order valence-electron chi connectivity index (χ1n) is 5.35. The number of nitrogens with two attached hydrogens (primary N) is 1. The molecule has 0 fully saturated rings. The first-order chi connectivity index (χ1) is 7.50. The first-order valence-corrected chi connectivity index (χ1v) is 6.15. The zero-order chi connectivity index (χ0) is 11.9. The number of carbonyl (C=O) groups excluding carboxylic acids is 1. The van der Waals surface area contributed by atoms with E-state index in [9.17, 15) is 4.79 Å². The van der Waals surface area contributed by atoms with Gasteiger partial charge in [-0.2, -0.15) is 0 Å². The van der Waals surface area contributed by atoms with Crippen molar-refractivity contribution >= 4 is 39.9 Å². The highest BCUT2D eigenvalue weighted by atomic mass is 79.9. The van der Waals surface area contributed by atoms with E-state index in [0.717, 1.165) is 22.1 Å². The highest BCUT2D eigenvalue weighted by molar-refractivity contribution is 9.10. The molecule has 5 heteroatoms. The van der Waals surface area contributed by atoms with E-state index in [1.807, 2.05) is 30.0 Å². The van der Waals surface area contributed by atoms with Crippen molar-refractivity contribution in [2.24, 2.45) is 5.73 Å². The van der Waals surface area contributed by atoms with Crippen molar-refractivity contribution in [3.05, 3.63) is 28.2 Å². The number of amides is 1. The van der Waals surface area contributed by atoms with Crippen LogP contribution in [-0.2, 0) is 4.79 Å². The van der Waals surface area contributed by atoms with Gasteiger partial charge in [0.1, 0.15) is 0 Å². The molecule has 1 heterocycles. The Morgan fingerprint density at radius 1 is 1.53 bits per heavy atom. The Morgan fingerprint density at radius 3 is 2.76 bits per heavy atom. The second-order valence-corrected chi connectivity index (χ2v) is 5.20. The zero-order valence-corrected chi connectivity index (χ0v) is 12.2. The maximum absolute atomic E-state index is 11.6. The monoisotopic (exact) mass is 318 g/mol. The molecule has 17 heavy (non-hydrogen) atoms. The van der Waals surface area contributed by atoms with Crippen LogP contribution in [0.5, 0.6) is 0 Å². The molecule has 1 aromatic carbocycles. The average Bonchev–Trinajstić information content (AvgIpc) is 2.18. The lowest BCUT2D eigenvalue weighted by atomic mass is 9.92. The molecule has 94 valence electrons. The van der Waals surface area contributed by atoms with Crippen LogP contribution in [0.4, 0.5) is 5.69 Å². The summed E-state index contributed by atoms with van der Waals surface area (Å²) in [5, 5.41) is 0. The Balaban J connectivity index is 0.00000144. The minimum absolute atomic E-state index is 0. The van der Waals surface area contributed by atoms with E-state index >= 15 is 0 Å². The predicted molar refractivity (Wildman–Crippen MR) is 75.6 cm³/mol. The van der Waals surface area contributed by atoms with Gasteiger partial charge in [-0.3, -0.25) is 4.79 Å². The fraction of sp³-hybridized carbons (Fsp3) is 0.417. The first kappa shape index (κ1) is 14.5. The second-order valence-electron chi connectivity index (χ2n) is 4.28. The average molecular weight is 320 g/mol. The van der Waals surface area contributed by atoms with Crippen molar-refractivity contribution in [3.8, 4) is 0 Å². The van der Waals surface area contributed by atoms with Crippen LogP contribution < -0.4 is 10.6 Å². The molecule has 2 rings (SSSR count). The second kappa shape index (κ2) is 5.38. The summed E-state index contributed by atoms with van der Waals surface area (Å²) < 4.78 is 1.000. The van der Waals surface area contributed by atoms with Crippen molar-refractivity contribution < 1.29 is 4.79 Å². The zero-order valence-electron chi connectivity index (χ0n) is 9.81. The van der Waals surface area contributed by atoms with Crippen LogP contribution in [0.2, 0.25) is 0 Å². The van der Waals surface area contributed by atoms with Crippen LogP contribution in [-0.4, -0.2) is 11.9 Å². The molecule has 0 aromatic heterocycles. The van der Waals surface area contributed by atoms with Gasteiger partial charge in [0.2, 0.25) is 5.91 Å². The van der Waals surface area contributed by atoms with Gasteiger partial charge in [0.25, 0.3) is 0 Å². The molecule has 1 aromatic rings. The van der Waals surface area contributed by atoms with Gasteiger partial charge in [-0.05, 0) is 37.1 Å². The number of anilines is 1. The van der Waals surface area contributed by atoms with E-state index < -0.39 is 0 Å². The molecule has 0 saturated heterocycles. The fourth-order valence-corrected chi connectivity index (χ4v) is 2.74. The topological polar surface area (TPSA) is 46.3 Å². The minimum Gasteiger partial charge on any atom is -0.324 e. The van der Waals surface area contributed by atoms with Crippen LogP contribution in [0.1, 0.15) is 31.9 Å². The van der Waals surface area contributed by atoms with Crippen molar-refractivity contribution in [1.82, 2.24) is 0 Å². The van der Waals surface area contributed by atoms with Crippen molar-refractivity contribution in [3.63, 3.8) is 0 Å². The maximum atomic E-state index is 11.6. The molecule has 0 spiro atoms. The van der Waals surface area contributed by atoms with Crippen LogP contribution in [0, 0.1) is 0 Å². The molecule has 2 N–H and O–H groups in total. The maximum Gasteiger partial charge on any atom is 0.224 e. The molecular weight excluding hydrogens is 304 g/mol. The molecule has 2 atom stereocenters. The van der Waals surface area contributed by atoms with Crippen LogP contribution in [0.25, 0.3) is 0 Å². The number of hydrogen-bond acceptors (Lipinski definition) is 2. The van der Waals surface area contributed by atoms with Crippen molar-refractivity contribution in [2.45, 2.75) is 32.4 Å². The van der Waals surface area contributed by atoms with E-state index in [2.05, 4.69) is 15.9 Å². The Bertz CT molecular complexity index is 439. The van der Waals surface area contributed by atoms with Gasteiger partial charge < -0.3 is 10.6 Å². The van der Waals surface area contributed by atoms with Crippen molar-refractivity contribution in [1.29, 1.82) is 0 Å². The molecule has 1 aliphatic rings. The third-order valence-electron chi connectivity index (χ3n) is 3.02. The standard InChI is InChI=1S/C12H15BrN2O.ClH/c1-7-5-11(14)10-6-9(13)3-4-12(10)15(7)8(2)16;/h3-4,6-7,11H,5,14H2,1-2H3;1H/t7-,11+;/m1./s1. The third-order valence-corrected chi connectivity index (χ3v) is 3.52. The third kappa shape index (κ3) is 2.64. The van der Waals surface area contributed by atoms with Crippen LogP contribution >= 0.6 is 28.3 Å². The number of halogens is 2. The summed E-state index contributed by atoms with van der Waals surface area (Å²) in [5.41, 5.74) is 8.10. The smallest absolute Gasteiger partial charge is 0.224 e. The molecule has 0 unspecified atom stereocenters. The molecule has 1 amide bonds. The SMILES string of the molecule is CC(=O)N1c2ccc(Br)cc2[C@@H](N)C[C@H]1C.Cl. The Hall–Kier alpha value is -0.580. The van der Waals surface area contributed by atoms with Gasteiger partial charge in [0.05, 0.1) is 0 Å². The number of nitrogens with zero attached hydrogens (tertiary/aromatic N) is 1. The normalized spacial score (nSPS) is 22.7. The van der Waals surface area contributed by atoms with E-state index in [-0.39, 0.29) is 30.4 Å². The summed E-state index contributed by atoms with van der Waals surface area (Å²) in [7, 11) is 0. The number of hydrogen-bond donors (Lipinski definition) is 1. The van der Waals surface area contributed by atoms with Gasteiger partial charge in [-0.1, -0.05) is 15.9 Å². The number of rotatable bonds is 0. The lowest BCUT2D eigenvalue weighted by molar-refractivity contribution is -0.117. The largest absolute Gasteiger partial charge is 0.324 e. The predicted octanol–water partition coefficient (Wildman–Crippen LogP) is 3.02. The fourth-order valence-electron chi connectivity index (χ4n) is 2.36. The Morgan fingerprint density at radius 2 is 2.18 bits per heavy atom. The highest BCUT2D eigenvalue weighted by Crippen LogP contribution is 2.37. The van der Waals surface area contributed by atoms with Gasteiger partial charge in [0, 0.05) is 29.2 Å². The van der Waals surface area contributed by atoms with Crippen LogP contribution in [0.15, 0.2) is 22.7 Å². The molecule has 0 radical (unpaired) electrons. The van der Waals surface area contributed by atoms with E-state index in [1.54, 1.807) is 6.92 Å². The summed E-state index contributed by atoms with van der Waals surface area (Å²) in [6, 6.07) is 6.08. The minimum atomic E-state index is 0. The molecular formula is C12H16BrClN2O. The quantitative estimate of drug-likeness (QED) is 0.799. The molecule has 0 saturated carbocycles. The number of carbonyl (C=O) groups is 1. The summed E-state index contributed by atoms with van der Waals surface area (Å²) in [5.74, 6) is 0.0722. The number of fused-ring (bicyclic) bond motifs is 1. The summed E-state index contributed by atoms with van der Waals surface area (Å²) in [6.45, 7) is 3.63. The van der Waals surface area contributed by atoms with Gasteiger partial charge in [0.15, 0.2) is 0 Å². The summed E-state index contributed by atoms with van der Waals surface area (Å²) in [6.07, 6.45) is 0.809. The molecule has 0 bridgehead atoms. The van der Waals surface area contributed by atoms with E-state index in [4.69, 9.17) is 5.73 Å². The lowest BCUT2D eigenvalue weighted by Crippen LogP contribution is -2.43. The van der Waals surface area contributed by atoms with Gasteiger partial charge in [-0.25, -0.2) is 0 Å². The van der Waals surface area contributed by atoms with Crippen LogP contribution in [0.3, 0.4) is 0 Å². The highest BCUT2D eigenvalue weighted by Gasteiger charge is 2.30.